The van der Waals surface area contributed by atoms with Crippen LogP contribution in [0.3, 0.4) is 0 Å². The Morgan fingerprint density at radius 2 is 1.21 bits per heavy atom. The van der Waals surface area contributed by atoms with E-state index >= 15 is 0 Å². The third-order valence-electron chi connectivity index (χ3n) is 5.16. The standard InChI is InChI=1S/C13H15F5O/c14-12(15,13(16,17)18)10(19)11-4-7-1-8(5-11)3-9(2-7)6-11/h7-9H,1-6H2. The number of carbonyl (C=O) groups is 1. The number of hydrogen-bond donors (Lipinski definition) is 0. The second-order valence-electron chi connectivity index (χ2n) is 6.60. The molecule has 4 saturated carbocycles. The lowest BCUT2D eigenvalue weighted by Gasteiger charge is -2.56. The molecular formula is C13H15F5O. The summed E-state index contributed by atoms with van der Waals surface area (Å²) in [4.78, 5) is 11.9. The normalized spacial score (nSPS) is 41.6. The van der Waals surface area contributed by atoms with Crippen LogP contribution < -0.4 is 0 Å². The zero-order valence-electron chi connectivity index (χ0n) is 10.3. The molecule has 1 nitrogen and oxygen atoms in total. The van der Waals surface area contributed by atoms with E-state index < -0.39 is 23.3 Å². The summed E-state index contributed by atoms with van der Waals surface area (Å²) in [6, 6.07) is 0. The van der Waals surface area contributed by atoms with E-state index in [0.29, 0.717) is 0 Å². The molecule has 0 saturated heterocycles. The van der Waals surface area contributed by atoms with Crippen LogP contribution in [0.4, 0.5) is 22.0 Å². The van der Waals surface area contributed by atoms with Crippen LogP contribution in [-0.4, -0.2) is 17.9 Å². The summed E-state index contributed by atoms with van der Waals surface area (Å²) in [6.07, 6.45) is -2.41. The molecule has 4 fully saturated rings. The Morgan fingerprint density at radius 1 is 0.842 bits per heavy atom. The molecule has 19 heavy (non-hydrogen) atoms. The van der Waals surface area contributed by atoms with E-state index in [0.717, 1.165) is 19.3 Å². The van der Waals surface area contributed by atoms with Gasteiger partial charge in [0.1, 0.15) is 0 Å². The van der Waals surface area contributed by atoms with Crippen molar-refractivity contribution >= 4 is 5.78 Å². The third kappa shape index (κ3) is 1.82. The van der Waals surface area contributed by atoms with Crippen molar-refractivity contribution in [3.05, 3.63) is 0 Å². The Balaban J connectivity index is 1.92. The third-order valence-corrected chi connectivity index (χ3v) is 5.16. The molecule has 0 aromatic heterocycles. The molecule has 0 unspecified atom stereocenters. The van der Waals surface area contributed by atoms with Gasteiger partial charge < -0.3 is 0 Å². The lowest BCUT2D eigenvalue weighted by Crippen LogP contribution is -2.58. The number of hydrogen-bond acceptors (Lipinski definition) is 1. The highest BCUT2D eigenvalue weighted by Crippen LogP contribution is 2.62. The Hall–Kier alpha value is -0.680. The second kappa shape index (κ2) is 3.70. The average Bonchev–Trinajstić information content (AvgIpc) is 2.24. The van der Waals surface area contributed by atoms with Gasteiger partial charge in [0.25, 0.3) is 0 Å². The molecule has 0 aromatic carbocycles. The quantitative estimate of drug-likeness (QED) is 0.700. The van der Waals surface area contributed by atoms with Gasteiger partial charge in [-0.2, -0.15) is 22.0 Å². The van der Waals surface area contributed by atoms with Crippen LogP contribution in [0, 0.1) is 23.2 Å². The molecule has 0 atom stereocenters. The molecule has 4 rings (SSSR count). The van der Waals surface area contributed by atoms with Crippen LogP contribution in [-0.2, 0) is 4.79 Å². The van der Waals surface area contributed by atoms with E-state index in [4.69, 9.17) is 0 Å². The summed E-state index contributed by atoms with van der Waals surface area (Å²) in [5.41, 5.74) is -1.41. The summed E-state index contributed by atoms with van der Waals surface area (Å²) in [5, 5.41) is 0. The molecule has 0 N–H and O–H groups in total. The maximum atomic E-state index is 13.4. The highest BCUT2D eigenvalue weighted by molar-refractivity contribution is 5.92. The maximum Gasteiger partial charge on any atom is 0.461 e. The van der Waals surface area contributed by atoms with Crippen molar-refractivity contribution < 1.29 is 26.7 Å². The minimum absolute atomic E-state index is 0.166. The van der Waals surface area contributed by atoms with Gasteiger partial charge in [-0.25, -0.2) is 0 Å². The van der Waals surface area contributed by atoms with E-state index in [1.54, 1.807) is 0 Å². The van der Waals surface area contributed by atoms with Gasteiger partial charge in [-0.1, -0.05) is 0 Å². The van der Waals surface area contributed by atoms with E-state index in [9.17, 15) is 26.7 Å². The first-order valence-electron chi connectivity index (χ1n) is 6.63. The van der Waals surface area contributed by atoms with Crippen molar-refractivity contribution in [3.63, 3.8) is 0 Å². The fraction of sp³-hybridized carbons (Fsp3) is 0.923. The summed E-state index contributed by atoms with van der Waals surface area (Å²) >= 11 is 0. The molecule has 0 heterocycles. The largest absolute Gasteiger partial charge is 0.461 e. The van der Waals surface area contributed by atoms with Crippen LogP contribution >= 0.6 is 0 Å². The highest BCUT2D eigenvalue weighted by Gasteiger charge is 2.69. The first-order chi connectivity index (χ1) is 8.64. The van der Waals surface area contributed by atoms with Crippen molar-refractivity contribution in [1.29, 1.82) is 0 Å². The van der Waals surface area contributed by atoms with Gasteiger partial charge in [-0.05, 0) is 56.3 Å². The minimum atomic E-state index is -5.77. The first kappa shape index (κ1) is 13.3. The monoisotopic (exact) mass is 282 g/mol. The predicted octanol–water partition coefficient (Wildman–Crippen LogP) is 3.97. The summed E-state index contributed by atoms with van der Waals surface area (Å²) in [6.45, 7) is 0. The van der Waals surface area contributed by atoms with Gasteiger partial charge in [0.15, 0.2) is 0 Å². The number of alkyl halides is 5. The molecule has 0 amide bonds. The fourth-order valence-electron chi connectivity index (χ4n) is 4.85. The van der Waals surface area contributed by atoms with E-state index in [2.05, 4.69) is 0 Å². The zero-order valence-corrected chi connectivity index (χ0v) is 10.3. The summed E-state index contributed by atoms with van der Waals surface area (Å²) in [7, 11) is 0. The van der Waals surface area contributed by atoms with E-state index in [-0.39, 0.29) is 37.0 Å². The molecule has 108 valence electrons. The van der Waals surface area contributed by atoms with Crippen LogP contribution in [0.1, 0.15) is 38.5 Å². The van der Waals surface area contributed by atoms with Crippen LogP contribution in [0.5, 0.6) is 0 Å². The molecule has 4 aliphatic rings. The first-order valence-corrected chi connectivity index (χ1v) is 6.63. The van der Waals surface area contributed by atoms with Gasteiger partial charge in [-0.3, -0.25) is 4.79 Å². The number of carbonyl (C=O) groups excluding carboxylic acids is 1. The Bertz CT molecular complexity index is 376. The Labute approximate surface area is 107 Å². The van der Waals surface area contributed by atoms with Crippen molar-refractivity contribution in [3.8, 4) is 0 Å². The number of ketones is 1. The van der Waals surface area contributed by atoms with Gasteiger partial charge >= 0.3 is 12.1 Å². The summed E-state index contributed by atoms with van der Waals surface area (Å²) in [5.74, 6) is -6.57. The predicted molar refractivity (Wildman–Crippen MR) is 56.6 cm³/mol. The Kier molecular flexibility index (Phi) is 2.59. The van der Waals surface area contributed by atoms with Crippen molar-refractivity contribution in [2.75, 3.05) is 0 Å². The molecule has 4 bridgehead atoms. The van der Waals surface area contributed by atoms with E-state index in [1.807, 2.05) is 0 Å². The average molecular weight is 282 g/mol. The van der Waals surface area contributed by atoms with Crippen LogP contribution in [0.25, 0.3) is 0 Å². The number of rotatable bonds is 2. The molecule has 0 radical (unpaired) electrons. The van der Waals surface area contributed by atoms with Crippen molar-refractivity contribution in [1.82, 2.24) is 0 Å². The number of halogens is 5. The van der Waals surface area contributed by atoms with E-state index in [1.165, 1.54) is 0 Å². The molecule has 0 aliphatic heterocycles. The van der Waals surface area contributed by atoms with Crippen LogP contribution in [0.15, 0.2) is 0 Å². The van der Waals surface area contributed by atoms with Crippen LogP contribution in [0.2, 0.25) is 0 Å². The molecule has 4 aliphatic carbocycles. The zero-order chi connectivity index (χ0) is 14.1. The van der Waals surface area contributed by atoms with Crippen molar-refractivity contribution in [2.45, 2.75) is 50.6 Å². The molecule has 0 aromatic rings. The lowest BCUT2D eigenvalue weighted by atomic mass is 9.48. The molecule has 6 heteroatoms. The maximum absolute atomic E-state index is 13.4. The van der Waals surface area contributed by atoms with Crippen molar-refractivity contribution in [2.24, 2.45) is 23.2 Å². The SMILES string of the molecule is O=C(C12CC3CC(CC(C3)C1)C2)C(F)(F)C(F)(F)F. The molecule has 0 spiro atoms. The van der Waals surface area contributed by atoms with Gasteiger partial charge in [-0.15, -0.1) is 0 Å². The molecular weight excluding hydrogens is 267 g/mol. The lowest BCUT2D eigenvalue weighted by molar-refractivity contribution is -0.276. The smallest absolute Gasteiger partial charge is 0.292 e. The second-order valence-corrected chi connectivity index (χ2v) is 6.60. The minimum Gasteiger partial charge on any atom is -0.292 e. The van der Waals surface area contributed by atoms with Gasteiger partial charge in [0, 0.05) is 5.41 Å². The fourth-order valence-corrected chi connectivity index (χ4v) is 4.85. The highest BCUT2D eigenvalue weighted by atomic mass is 19.4. The van der Waals surface area contributed by atoms with Gasteiger partial charge in [0.05, 0.1) is 0 Å². The van der Waals surface area contributed by atoms with Gasteiger partial charge in [0.2, 0.25) is 5.78 Å². The topological polar surface area (TPSA) is 17.1 Å². The number of Topliss-reactive ketones (excluding diaryl/α,β-unsaturated/α-hetero) is 1. The summed E-state index contributed by atoms with van der Waals surface area (Å²) < 4.78 is 63.9. The Morgan fingerprint density at radius 3 is 1.53 bits per heavy atom.